The van der Waals surface area contributed by atoms with Gasteiger partial charge < -0.3 is 10.2 Å². The lowest BCUT2D eigenvalue weighted by molar-refractivity contribution is 0.265. The molecule has 96 valence electrons. The van der Waals surface area contributed by atoms with Crippen LogP contribution in [0.25, 0.3) is 0 Å². The summed E-state index contributed by atoms with van der Waals surface area (Å²) in [6, 6.07) is 1.49. The number of nitrogens with zero attached hydrogens (tertiary/aromatic N) is 1. The van der Waals surface area contributed by atoms with Gasteiger partial charge in [0.1, 0.15) is 0 Å². The van der Waals surface area contributed by atoms with Crippen molar-refractivity contribution in [3.8, 4) is 0 Å². The Kier molecular flexibility index (Phi) is 6.37. The van der Waals surface area contributed by atoms with Crippen molar-refractivity contribution in [2.45, 2.75) is 65.0 Å². The molecule has 2 unspecified atom stereocenters. The van der Waals surface area contributed by atoms with E-state index in [1.807, 2.05) is 0 Å². The highest BCUT2D eigenvalue weighted by Crippen LogP contribution is 2.27. The fourth-order valence-electron chi connectivity index (χ4n) is 2.67. The van der Waals surface area contributed by atoms with Crippen LogP contribution in [-0.2, 0) is 0 Å². The van der Waals surface area contributed by atoms with Crippen molar-refractivity contribution < 1.29 is 0 Å². The Morgan fingerprint density at radius 3 is 2.69 bits per heavy atom. The lowest BCUT2D eigenvalue weighted by Crippen LogP contribution is -2.35. The molecule has 1 saturated carbocycles. The average Bonchev–Trinajstić information content (AvgIpc) is 2.71. The van der Waals surface area contributed by atoms with E-state index in [9.17, 15) is 0 Å². The van der Waals surface area contributed by atoms with E-state index >= 15 is 0 Å². The summed E-state index contributed by atoms with van der Waals surface area (Å²) >= 11 is 0. The lowest BCUT2D eigenvalue weighted by Gasteiger charge is -2.23. The predicted octanol–water partition coefficient (Wildman–Crippen LogP) is 2.89. The number of nitrogens with one attached hydrogen (secondary N) is 1. The third-order valence-corrected chi connectivity index (χ3v) is 4.16. The highest BCUT2D eigenvalue weighted by Gasteiger charge is 2.24. The number of hydrogen-bond donors (Lipinski definition) is 1. The fourth-order valence-corrected chi connectivity index (χ4v) is 2.67. The van der Waals surface area contributed by atoms with Crippen LogP contribution in [0.1, 0.15) is 52.9 Å². The molecule has 1 aliphatic carbocycles. The van der Waals surface area contributed by atoms with E-state index in [1.165, 1.54) is 45.2 Å². The summed E-state index contributed by atoms with van der Waals surface area (Å²) in [6.45, 7) is 9.26. The molecule has 16 heavy (non-hydrogen) atoms. The molecular formula is C14H30N2. The van der Waals surface area contributed by atoms with Gasteiger partial charge in [-0.05, 0) is 59.2 Å². The SMILES string of the molecule is CCC1CCCC1NCCCN(C)C(C)C. The van der Waals surface area contributed by atoms with Crippen molar-refractivity contribution in [1.29, 1.82) is 0 Å². The van der Waals surface area contributed by atoms with Gasteiger partial charge in [-0.3, -0.25) is 0 Å². The highest BCUT2D eigenvalue weighted by molar-refractivity contribution is 4.82. The smallest absolute Gasteiger partial charge is 0.00952 e. The van der Waals surface area contributed by atoms with Gasteiger partial charge in [-0.2, -0.15) is 0 Å². The zero-order chi connectivity index (χ0) is 12.0. The van der Waals surface area contributed by atoms with Crippen LogP contribution in [0.15, 0.2) is 0 Å². The normalized spacial score (nSPS) is 25.9. The van der Waals surface area contributed by atoms with Crippen molar-refractivity contribution in [2.24, 2.45) is 5.92 Å². The van der Waals surface area contributed by atoms with Crippen molar-refractivity contribution in [3.05, 3.63) is 0 Å². The molecule has 1 fully saturated rings. The van der Waals surface area contributed by atoms with Crippen molar-refractivity contribution in [3.63, 3.8) is 0 Å². The molecule has 0 bridgehead atoms. The Hall–Kier alpha value is -0.0800. The van der Waals surface area contributed by atoms with E-state index in [4.69, 9.17) is 0 Å². The van der Waals surface area contributed by atoms with Gasteiger partial charge in [0.2, 0.25) is 0 Å². The van der Waals surface area contributed by atoms with Crippen LogP contribution in [0.5, 0.6) is 0 Å². The van der Waals surface area contributed by atoms with Gasteiger partial charge in [-0.15, -0.1) is 0 Å². The zero-order valence-corrected chi connectivity index (χ0v) is 11.6. The molecule has 0 aliphatic heterocycles. The largest absolute Gasteiger partial charge is 0.314 e. The Morgan fingerprint density at radius 2 is 2.06 bits per heavy atom. The topological polar surface area (TPSA) is 15.3 Å². The van der Waals surface area contributed by atoms with Gasteiger partial charge >= 0.3 is 0 Å². The molecule has 1 N–H and O–H groups in total. The molecule has 0 saturated heterocycles. The molecule has 0 aromatic rings. The predicted molar refractivity (Wildman–Crippen MR) is 71.8 cm³/mol. The van der Waals surface area contributed by atoms with Crippen LogP contribution in [0.2, 0.25) is 0 Å². The molecule has 0 amide bonds. The van der Waals surface area contributed by atoms with Gasteiger partial charge in [-0.25, -0.2) is 0 Å². The minimum absolute atomic E-state index is 0.676. The minimum atomic E-state index is 0.676. The van der Waals surface area contributed by atoms with Crippen LogP contribution in [0, 0.1) is 5.92 Å². The van der Waals surface area contributed by atoms with Crippen LogP contribution in [0.3, 0.4) is 0 Å². The third-order valence-electron chi connectivity index (χ3n) is 4.16. The first-order valence-corrected chi connectivity index (χ1v) is 7.08. The molecule has 2 atom stereocenters. The molecule has 0 aromatic heterocycles. The first-order chi connectivity index (χ1) is 7.65. The van der Waals surface area contributed by atoms with Crippen molar-refractivity contribution in [1.82, 2.24) is 10.2 Å². The third kappa shape index (κ3) is 4.42. The summed E-state index contributed by atoms with van der Waals surface area (Å²) in [5.74, 6) is 0.947. The first kappa shape index (κ1) is 14.0. The first-order valence-electron chi connectivity index (χ1n) is 7.08. The van der Waals surface area contributed by atoms with E-state index in [0.717, 1.165) is 12.0 Å². The van der Waals surface area contributed by atoms with Crippen molar-refractivity contribution >= 4 is 0 Å². The second kappa shape index (κ2) is 7.29. The van der Waals surface area contributed by atoms with Gasteiger partial charge in [0.05, 0.1) is 0 Å². The Morgan fingerprint density at radius 1 is 1.31 bits per heavy atom. The summed E-state index contributed by atoms with van der Waals surface area (Å²) in [5.41, 5.74) is 0. The quantitative estimate of drug-likeness (QED) is 0.672. The second-order valence-corrected chi connectivity index (χ2v) is 5.59. The van der Waals surface area contributed by atoms with Crippen LogP contribution >= 0.6 is 0 Å². The summed E-state index contributed by atoms with van der Waals surface area (Å²) in [7, 11) is 2.22. The molecule has 2 heteroatoms. The maximum Gasteiger partial charge on any atom is 0.00952 e. The highest BCUT2D eigenvalue weighted by atomic mass is 15.1. The summed E-state index contributed by atoms with van der Waals surface area (Å²) < 4.78 is 0. The van der Waals surface area contributed by atoms with E-state index < -0.39 is 0 Å². The summed E-state index contributed by atoms with van der Waals surface area (Å²) in [5, 5.41) is 3.75. The zero-order valence-electron chi connectivity index (χ0n) is 11.6. The molecule has 1 rings (SSSR count). The van der Waals surface area contributed by atoms with E-state index in [2.05, 4.69) is 38.0 Å². The van der Waals surface area contributed by atoms with Gasteiger partial charge in [0.15, 0.2) is 0 Å². The lowest BCUT2D eigenvalue weighted by atomic mass is 10.0. The Bertz CT molecular complexity index is 180. The average molecular weight is 226 g/mol. The van der Waals surface area contributed by atoms with Gasteiger partial charge in [0, 0.05) is 12.1 Å². The molecular weight excluding hydrogens is 196 g/mol. The molecule has 0 radical (unpaired) electrons. The monoisotopic (exact) mass is 226 g/mol. The van der Waals surface area contributed by atoms with Crippen LogP contribution < -0.4 is 5.32 Å². The standard InChI is InChI=1S/C14H30N2/c1-5-13-8-6-9-14(13)15-10-7-11-16(4)12(2)3/h12-15H,5-11H2,1-4H3. The second-order valence-electron chi connectivity index (χ2n) is 5.59. The Labute approximate surface area is 102 Å². The van der Waals surface area contributed by atoms with Crippen LogP contribution in [-0.4, -0.2) is 37.1 Å². The summed E-state index contributed by atoms with van der Waals surface area (Å²) in [6.07, 6.45) is 6.91. The summed E-state index contributed by atoms with van der Waals surface area (Å²) in [4.78, 5) is 2.42. The Balaban J connectivity index is 2.06. The minimum Gasteiger partial charge on any atom is -0.314 e. The molecule has 1 aliphatic rings. The van der Waals surface area contributed by atoms with Crippen LogP contribution in [0.4, 0.5) is 0 Å². The molecule has 0 spiro atoms. The maximum atomic E-state index is 3.75. The van der Waals surface area contributed by atoms with Crippen molar-refractivity contribution in [2.75, 3.05) is 20.1 Å². The van der Waals surface area contributed by atoms with E-state index in [1.54, 1.807) is 0 Å². The van der Waals surface area contributed by atoms with E-state index in [-0.39, 0.29) is 0 Å². The van der Waals surface area contributed by atoms with Gasteiger partial charge in [-0.1, -0.05) is 19.8 Å². The molecule has 2 nitrogen and oxygen atoms in total. The molecule has 0 heterocycles. The maximum absolute atomic E-state index is 3.75. The van der Waals surface area contributed by atoms with E-state index in [0.29, 0.717) is 6.04 Å². The number of rotatable bonds is 7. The van der Waals surface area contributed by atoms with Gasteiger partial charge in [0.25, 0.3) is 0 Å². The number of hydrogen-bond acceptors (Lipinski definition) is 2. The fraction of sp³-hybridized carbons (Fsp3) is 1.00. The molecule has 0 aromatic carbocycles.